The lowest BCUT2D eigenvalue weighted by Gasteiger charge is -2.41. The van der Waals surface area contributed by atoms with Crippen molar-refractivity contribution in [3.63, 3.8) is 0 Å². The van der Waals surface area contributed by atoms with Crippen LogP contribution in [0.15, 0.2) is 18.5 Å². The van der Waals surface area contributed by atoms with Crippen LogP contribution in [0.2, 0.25) is 0 Å². The molecule has 2 atom stereocenters. The van der Waals surface area contributed by atoms with Gasteiger partial charge in [-0.05, 0) is 25.8 Å². The Labute approximate surface area is 183 Å². The van der Waals surface area contributed by atoms with Crippen LogP contribution in [0.25, 0.3) is 0 Å². The predicted octanol–water partition coefficient (Wildman–Crippen LogP) is 4.60. The first-order chi connectivity index (χ1) is 13.3. The van der Waals surface area contributed by atoms with Crippen LogP contribution in [0.3, 0.4) is 0 Å². The molecule has 2 unspecified atom stereocenters. The van der Waals surface area contributed by atoms with Crippen LogP contribution < -0.4 is 5.32 Å². The Morgan fingerprint density at radius 2 is 1.93 bits per heavy atom. The number of hydrogen-bond acceptors (Lipinski definition) is 5. The number of carbonyl (C=O) groups excluding carboxylic acids is 3. The molecule has 1 N–H and O–H groups in total. The van der Waals surface area contributed by atoms with Gasteiger partial charge in [0.2, 0.25) is 0 Å². The number of hydrogen-bond donors (Lipinski definition) is 1. The lowest BCUT2D eigenvalue weighted by atomic mass is 9.77. The Balaban J connectivity index is 1.87. The first-order valence-corrected chi connectivity index (χ1v) is 9.99. The number of rotatable bonds is 4. The maximum atomic E-state index is 12.7. The first-order valence-electron chi connectivity index (χ1n) is 8.94. The van der Waals surface area contributed by atoms with Crippen LogP contribution in [0.4, 0.5) is 15.3 Å². The van der Waals surface area contributed by atoms with Crippen LogP contribution in [0.1, 0.15) is 46.1 Å². The van der Waals surface area contributed by atoms with E-state index in [1.807, 2.05) is 0 Å². The lowest BCUT2D eigenvalue weighted by Crippen LogP contribution is -2.59. The quantitative estimate of drug-likeness (QED) is 0.400. The summed E-state index contributed by atoms with van der Waals surface area (Å²) in [5, 5.41) is 2.66. The van der Waals surface area contributed by atoms with Gasteiger partial charge in [0, 0.05) is 46.9 Å². The molecule has 1 aromatic heterocycles. The van der Waals surface area contributed by atoms with Gasteiger partial charge in [0.05, 0.1) is 10.6 Å². The normalized spacial score (nSPS) is 24.5. The third-order valence-corrected chi connectivity index (χ3v) is 6.48. The molecule has 2 fully saturated rings. The number of aromatic nitrogens is 1. The van der Waals surface area contributed by atoms with Gasteiger partial charge < -0.3 is 4.74 Å². The molecule has 1 aromatic rings. The van der Waals surface area contributed by atoms with Crippen LogP contribution in [-0.4, -0.2) is 43.5 Å². The maximum Gasteiger partial charge on any atom is 0.412 e. The van der Waals surface area contributed by atoms with Gasteiger partial charge in [-0.3, -0.25) is 15.1 Å². The van der Waals surface area contributed by atoms with Crippen molar-refractivity contribution in [1.82, 2.24) is 13.8 Å². The number of imide groups is 1. The van der Waals surface area contributed by atoms with Gasteiger partial charge in [-0.1, -0.05) is 20.8 Å². The third-order valence-electron chi connectivity index (χ3n) is 5.11. The van der Waals surface area contributed by atoms with E-state index in [-0.39, 0.29) is 0 Å². The van der Waals surface area contributed by atoms with E-state index in [1.54, 1.807) is 33.0 Å². The van der Waals surface area contributed by atoms with E-state index in [2.05, 4.69) is 10.3 Å². The predicted molar refractivity (Wildman–Crippen MR) is 109 cm³/mol. The summed E-state index contributed by atoms with van der Waals surface area (Å²) in [4.78, 5) is 41.0. The van der Waals surface area contributed by atoms with Crippen LogP contribution >= 0.6 is 35.2 Å². The van der Waals surface area contributed by atoms with Gasteiger partial charge in [0.15, 0.2) is 5.54 Å². The molecule has 1 saturated heterocycles. The third kappa shape index (κ3) is 3.73. The van der Waals surface area contributed by atoms with Crippen molar-refractivity contribution in [2.24, 2.45) is 5.41 Å². The number of anilines is 1. The molecule has 158 valence electrons. The first kappa shape index (κ1) is 21.9. The van der Waals surface area contributed by atoms with Gasteiger partial charge in [0.1, 0.15) is 6.10 Å². The van der Waals surface area contributed by atoms with E-state index in [4.69, 9.17) is 39.9 Å². The highest BCUT2D eigenvalue weighted by molar-refractivity contribution is 6.39. The summed E-state index contributed by atoms with van der Waals surface area (Å²) >= 11 is 18.3. The summed E-state index contributed by atoms with van der Waals surface area (Å²) in [6.07, 6.45) is 2.74. The molecule has 3 rings (SSSR count). The van der Waals surface area contributed by atoms with Crippen molar-refractivity contribution in [3.8, 4) is 0 Å². The number of carbonyl (C=O) groups is 3. The van der Waals surface area contributed by atoms with Gasteiger partial charge in [-0.2, -0.15) is 4.42 Å². The zero-order valence-corrected chi connectivity index (χ0v) is 18.6. The molecule has 0 spiro atoms. The van der Waals surface area contributed by atoms with Crippen LogP contribution in [-0.2, 0) is 14.4 Å². The molecule has 8 nitrogen and oxygen atoms in total. The average molecular weight is 464 g/mol. The second-order valence-electron chi connectivity index (χ2n) is 8.46. The smallest absolute Gasteiger partial charge is 0.412 e. The Morgan fingerprint density at radius 1 is 1.31 bits per heavy atom. The fraction of sp³-hybridized carbons (Fsp3) is 0.556. The molecule has 0 bridgehead atoms. The largest absolute Gasteiger partial charge is 0.442 e. The van der Waals surface area contributed by atoms with Crippen molar-refractivity contribution >= 4 is 58.9 Å². The number of urea groups is 1. The highest BCUT2D eigenvalue weighted by Gasteiger charge is 2.63. The van der Waals surface area contributed by atoms with Gasteiger partial charge in [-0.25, -0.2) is 14.0 Å². The molecular formula is C18H21Cl3N4O4. The summed E-state index contributed by atoms with van der Waals surface area (Å²) in [5.41, 5.74) is -1.30. The highest BCUT2D eigenvalue weighted by atomic mass is 35.5. The van der Waals surface area contributed by atoms with Crippen LogP contribution in [0, 0.1) is 5.41 Å². The topological polar surface area (TPSA) is 91.8 Å². The standard InChI is InChI=1S/C18H21Cl3N4O4/c1-16(2,3)12(17(4)13(26)24(20)15(28)25(17)21)29-14(27)23-11-5-8-22-9-10(11)18(19)6-7-18/h5,8-9,12H,6-7H2,1-4H3,(H,22,23,27). The second-order valence-corrected chi connectivity index (χ2v) is 9.86. The Kier molecular flexibility index (Phi) is 5.43. The number of nitrogens with one attached hydrogen (secondary N) is 1. The van der Waals surface area contributed by atoms with Crippen molar-refractivity contribution in [2.75, 3.05) is 5.32 Å². The minimum Gasteiger partial charge on any atom is -0.442 e. The molecule has 2 aliphatic rings. The molecular weight excluding hydrogens is 443 g/mol. The SMILES string of the molecule is CC(C)(C)C(OC(=O)Nc1ccncc1C1(Cl)CC1)C1(C)C(=O)N(Cl)C(=O)N1Cl. The Bertz CT molecular complexity index is 871. The molecule has 0 aromatic carbocycles. The fourth-order valence-corrected chi connectivity index (χ4v) is 4.25. The minimum absolute atomic E-state index is 0.387. The lowest BCUT2D eigenvalue weighted by molar-refractivity contribution is -0.137. The van der Waals surface area contributed by atoms with Crippen molar-refractivity contribution in [2.45, 2.75) is 57.1 Å². The average Bonchev–Trinajstić information content (AvgIpc) is 3.38. The Morgan fingerprint density at radius 3 is 2.41 bits per heavy atom. The van der Waals surface area contributed by atoms with E-state index in [0.29, 0.717) is 20.1 Å². The summed E-state index contributed by atoms with van der Waals surface area (Å²) in [6.45, 7) is 6.67. The number of alkyl halides is 1. The molecule has 11 heteroatoms. The zero-order valence-electron chi connectivity index (χ0n) is 16.3. The zero-order chi connectivity index (χ0) is 21.8. The molecule has 1 aliphatic carbocycles. The van der Waals surface area contributed by atoms with Crippen molar-refractivity contribution in [1.29, 1.82) is 0 Å². The van der Waals surface area contributed by atoms with E-state index >= 15 is 0 Å². The van der Waals surface area contributed by atoms with Gasteiger partial charge in [-0.15, -0.1) is 11.6 Å². The summed E-state index contributed by atoms with van der Waals surface area (Å²) in [6, 6.07) is 0.708. The number of nitrogens with zero attached hydrogens (tertiary/aromatic N) is 3. The van der Waals surface area contributed by atoms with Gasteiger partial charge >= 0.3 is 12.1 Å². The molecule has 0 radical (unpaired) electrons. The molecule has 4 amide bonds. The van der Waals surface area contributed by atoms with E-state index in [9.17, 15) is 14.4 Å². The number of halogens is 3. The van der Waals surface area contributed by atoms with Crippen molar-refractivity contribution in [3.05, 3.63) is 24.0 Å². The summed E-state index contributed by atoms with van der Waals surface area (Å²) < 4.78 is 6.69. The van der Waals surface area contributed by atoms with E-state index in [0.717, 1.165) is 12.8 Å². The van der Waals surface area contributed by atoms with Gasteiger partial charge in [0.25, 0.3) is 5.91 Å². The molecule has 1 saturated carbocycles. The maximum absolute atomic E-state index is 12.7. The minimum atomic E-state index is -1.69. The molecule has 1 aliphatic heterocycles. The summed E-state index contributed by atoms with van der Waals surface area (Å²) in [5.74, 6) is -0.783. The summed E-state index contributed by atoms with van der Waals surface area (Å²) in [7, 11) is 0. The molecule has 2 heterocycles. The van der Waals surface area contributed by atoms with E-state index < -0.39 is 40.0 Å². The molecule has 29 heavy (non-hydrogen) atoms. The van der Waals surface area contributed by atoms with Crippen LogP contribution in [0.5, 0.6) is 0 Å². The monoisotopic (exact) mass is 462 g/mol. The number of ether oxygens (including phenoxy) is 1. The highest BCUT2D eigenvalue weighted by Crippen LogP contribution is 2.54. The number of amides is 4. The Hall–Kier alpha value is -1.77. The van der Waals surface area contributed by atoms with E-state index in [1.165, 1.54) is 13.1 Å². The second kappa shape index (κ2) is 7.18. The fourth-order valence-electron chi connectivity index (χ4n) is 3.48. The van der Waals surface area contributed by atoms with Crippen molar-refractivity contribution < 1.29 is 19.1 Å². The number of pyridine rings is 1.